The third kappa shape index (κ3) is 4.06. The van der Waals surface area contributed by atoms with Gasteiger partial charge in [0.15, 0.2) is 0 Å². The Labute approximate surface area is 180 Å². The summed E-state index contributed by atoms with van der Waals surface area (Å²) in [5.74, 6) is -1.69. The van der Waals surface area contributed by atoms with Gasteiger partial charge in [-0.1, -0.05) is 6.07 Å². The van der Waals surface area contributed by atoms with E-state index in [2.05, 4.69) is 10.4 Å². The Morgan fingerprint density at radius 3 is 2.77 bits per heavy atom. The fourth-order valence-electron chi connectivity index (χ4n) is 3.38. The Balaban J connectivity index is 1.69. The number of amides is 1. The van der Waals surface area contributed by atoms with Crippen molar-refractivity contribution in [3.63, 3.8) is 0 Å². The maximum Gasteiger partial charge on any atom is 0.267 e. The van der Waals surface area contributed by atoms with Crippen LogP contribution in [0.1, 0.15) is 26.4 Å². The number of ether oxygens (including phenoxy) is 1. The number of hydrogen-bond donors (Lipinski definition) is 1. The summed E-state index contributed by atoms with van der Waals surface area (Å²) in [6.07, 6.45) is 1.52. The van der Waals surface area contributed by atoms with Gasteiger partial charge in [-0.25, -0.2) is 17.9 Å². The van der Waals surface area contributed by atoms with Crippen molar-refractivity contribution in [2.45, 2.75) is 20.1 Å². The number of nitrogens with one attached hydrogen (secondary N) is 1. The van der Waals surface area contributed by atoms with Crippen LogP contribution < -0.4 is 5.32 Å². The molecule has 0 aliphatic rings. The van der Waals surface area contributed by atoms with Crippen LogP contribution >= 0.6 is 11.3 Å². The number of carbonyl (C=O) groups is 1. The van der Waals surface area contributed by atoms with Crippen molar-refractivity contribution in [2.24, 2.45) is 0 Å². The molecule has 0 atom stereocenters. The maximum absolute atomic E-state index is 14.4. The van der Waals surface area contributed by atoms with Crippen molar-refractivity contribution in [3.8, 4) is 0 Å². The number of anilines is 1. The minimum Gasteiger partial charge on any atom is -0.380 e. The first-order chi connectivity index (χ1) is 14.9. The van der Waals surface area contributed by atoms with E-state index in [4.69, 9.17) is 4.74 Å². The number of thiophene rings is 1. The Kier molecular flexibility index (Phi) is 5.79. The van der Waals surface area contributed by atoms with E-state index < -0.39 is 23.4 Å². The number of methoxy groups -OCH3 is 1. The summed E-state index contributed by atoms with van der Waals surface area (Å²) in [4.78, 5) is 13.4. The molecule has 0 bridgehead atoms. The highest BCUT2D eigenvalue weighted by Gasteiger charge is 2.22. The molecule has 2 aromatic heterocycles. The number of halogens is 3. The lowest BCUT2D eigenvalue weighted by Crippen LogP contribution is -2.17. The van der Waals surface area contributed by atoms with Crippen molar-refractivity contribution in [2.75, 3.05) is 12.4 Å². The molecule has 0 radical (unpaired) electrons. The normalized spacial score (nSPS) is 11.3. The lowest BCUT2D eigenvalue weighted by molar-refractivity contribution is 0.102. The lowest BCUT2D eigenvalue weighted by Gasteiger charge is -2.11. The number of aryl methyl sites for hydroxylation is 1. The van der Waals surface area contributed by atoms with Gasteiger partial charge in [-0.3, -0.25) is 4.79 Å². The number of aromatic nitrogens is 2. The summed E-state index contributed by atoms with van der Waals surface area (Å²) in [6.45, 7) is 1.73. The van der Waals surface area contributed by atoms with Gasteiger partial charge in [-0.05, 0) is 37.3 Å². The number of fused-ring (bicyclic) bond motifs is 1. The van der Waals surface area contributed by atoms with Crippen LogP contribution in [0.5, 0.6) is 0 Å². The van der Waals surface area contributed by atoms with Gasteiger partial charge < -0.3 is 10.1 Å². The fraction of sp³-hybridized carbons (Fsp3) is 0.182. The third-order valence-electron chi connectivity index (χ3n) is 4.84. The van der Waals surface area contributed by atoms with Crippen LogP contribution in [0.4, 0.5) is 19.0 Å². The Morgan fingerprint density at radius 1 is 1.19 bits per heavy atom. The van der Waals surface area contributed by atoms with Gasteiger partial charge in [0, 0.05) is 33.9 Å². The number of rotatable bonds is 6. The van der Waals surface area contributed by atoms with Gasteiger partial charge in [0.05, 0.1) is 24.2 Å². The minimum atomic E-state index is -0.575. The average Bonchev–Trinajstić information content (AvgIpc) is 3.27. The fourth-order valence-corrected chi connectivity index (χ4v) is 4.50. The number of nitrogens with zero attached hydrogens (tertiary/aromatic N) is 2. The Bertz CT molecular complexity index is 1280. The summed E-state index contributed by atoms with van der Waals surface area (Å²) in [7, 11) is 1.47. The molecule has 0 unspecified atom stereocenters. The highest BCUT2D eigenvalue weighted by atomic mass is 32.1. The number of carbonyl (C=O) groups excluding carboxylic acids is 1. The molecule has 0 saturated heterocycles. The second kappa shape index (κ2) is 8.52. The SMILES string of the molecule is COCc1c(C(=O)Nc2c(C)cnn2Cc2cc(F)ccc2F)sc2cccc(F)c12. The molecule has 9 heteroatoms. The zero-order valence-corrected chi connectivity index (χ0v) is 17.5. The quantitative estimate of drug-likeness (QED) is 0.440. The molecule has 5 nitrogen and oxygen atoms in total. The molecular weight excluding hydrogens is 427 g/mol. The average molecular weight is 445 g/mol. The van der Waals surface area contributed by atoms with E-state index in [1.807, 2.05) is 0 Å². The first-order valence-corrected chi connectivity index (χ1v) is 10.2. The van der Waals surface area contributed by atoms with E-state index in [1.165, 1.54) is 24.1 Å². The molecule has 0 spiro atoms. The molecule has 0 aliphatic heterocycles. The van der Waals surface area contributed by atoms with Crippen LogP contribution in [0.3, 0.4) is 0 Å². The van der Waals surface area contributed by atoms with Crippen LogP contribution in [0.15, 0.2) is 42.6 Å². The summed E-state index contributed by atoms with van der Waals surface area (Å²) in [5.41, 5.74) is 1.20. The van der Waals surface area contributed by atoms with Gasteiger partial charge in [0.2, 0.25) is 0 Å². The molecular formula is C22H18F3N3O2S. The molecule has 0 fully saturated rings. The van der Waals surface area contributed by atoms with Crippen LogP contribution in [-0.2, 0) is 17.9 Å². The summed E-state index contributed by atoms with van der Waals surface area (Å²) < 4.78 is 49.2. The van der Waals surface area contributed by atoms with Crippen LogP contribution in [-0.4, -0.2) is 22.8 Å². The van der Waals surface area contributed by atoms with E-state index in [-0.39, 0.29) is 18.7 Å². The molecule has 1 amide bonds. The largest absolute Gasteiger partial charge is 0.380 e. The Hall–Kier alpha value is -3.17. The standard InChI is InChI=1S/C22H18F3N3O2S/c1-12-9-26-28(10-13-8-14(23)6-7-16(13)24)21(12)27-22(29)20-15(11-30-2)19-17(25)4-3-5-18(19)31-20/h3-9H,10-11H2,1-2H3,(H,27,29). The smallest absolute Gasteiger partial charge is 0.267 e. The van der Waals surface area contributed by atoms with Crippen molar-refractivity contribution >= 4 is 33.1 Å². The highest BCUT2D eigenvalue weighted by Crippen LogP contribution is 2.34. The molecule has 0 saturated carbocycles. The van der Waals surface area contributed by atoms with Crippen LogP contribution in [0, 0.1) is 24.4 Å². The van der Waals surface area contributed by atoms with E-state index in [1.54, 1.807) is 19.1 Å². The Morgan fingerprint density at radius 2 is 2.00 bits per heavy atom. The molecule has 2 aromatic carbocycles. The zero-order valence-electron chi connectivity index (χ0n) is 16.7. The summed E-state index contributed by atoms with van der Waals surface area (Å²) >= 11 is 1.16. The predicted molar refractivity (Wildman–Crippen MR) is 113 cm³/mol. The zero-order chi connectivity index (χ0) is 22.1. The monoisotopic (exact) mass is 445 g/mol. The van der Waals surface area contributed by atoms with Crippen LogP contribution in [0.2, 0.25) is 0 Å². The minimum absolute atomic E-state index is 0.0659. The van der Waals surface area contributed by atoms with Gasteiger partial charge in [-0.2, -0.15) is 5.10 Å². The summed E-state index contributed by atoms with van der Waals surface area (Å²) in [6, 6.07) is 7.82. The highest BCUT2D eigenvalue weighted by molar-refractivity contribution is 7.21. The van der Waals surface area contributed by atoms with E-state index in [0.717, 1.165) is 29.5 Å². The van der Waals surface area contributed by atoms with Crippen molar-refractivity contribution in [1.82, 2.24) is 9.78 Å². The van der Waals surface area contributed by atoms with E-state index in [0.29, 0.717) is 31.9 Å². The molecule has 4 aromatic rings. The first kappa shape index (κ1) is 21.1. The molecule has 31 heavy (non-hydrogen) atoms. The second-order valence-corrected chi connectivity index (χ2v) is 8.03. The number of hydrogen-bond acceptors (Lipinski definition) is 4. The van der Waals surface area contributed by atoms with Crippen molar-refractivity contribution in [1.29, 1.82) is 0 Å². The van der Waals surface area contributed by atoms with E-state index >= 15 is 0 Å². The van der Waals surface area contributed by atoms with Crippen molar-refractivity contribution in [3.05, 3.63) is 81.6 Å². The molecule has 1 N–H and O–H groups in total. The van der Waals surface area contributed by atoms with Gasteiger partial charge in [0.25, 0.3) is 5.91 Å². The van der Waals surface area contributed by atoms with Crippen LogP contribution in [0.25, 0.3) is 10.1 Å². The van der Waals surface area contributed by atoms with Crippen molar-refractivity contribution < 1.29 is 22.7 Å². The van der Waals surface area contributed by atoms with E-state index in [9.17, 15) is 18.0 Å². The summed E-state index contributed by atoms with van der Waals surface area (Å²) in [5, 5.41) is 7.32. The lowest BCUT2D eigenvalue weighted by atomic mass is 10.1. The predicted octanol–water partition coefficient (Wildman–Crippen LogP) is 5.27. The maximum atomic E-state index is 14.4. The van der Waals surface area contributed by atoms with Gasteiger partial charge in [-0.15, -0.1) is 11.3 Å². The molecule has 0 aliphatic carbocycles. The molecule has 160 valence electrons. The van der Waals surface area contributed by atoms with Gasteiger partial charge in [0.1, 0.15) is 23.3 Å². The first-order valence-electron chi connectivity index (χ1n) is 9.35. The third-order valence-corrected chi connectivity index (χ3v) is 6.04. The molecule has 2 heterocycles. The molecule has 4 rings (SSSR count). The topological polar surface area (TPSA) is 56.1 Å². The van der Waals surface area contributed by atoms with Gasteiger partial charge >= 0.3 is 0 Å². The second-order valence-electron chi connectivity index (χ2n) is 6.98. The number of benzene rings is 2.